The van der Waals surface area contributed by atoms with Gasteiger partial charge in [0.2, 0.25) is 5.91 Å². The van der Waals surface area contributed by atoms with E-state index in [9.17, 15) is 26.4 Å². The molecule has 0 bridgehead atoms. The molecule has 144 valence electrons. The quantitative estimate of drug-likeness (QED) is 0.737. The van der Waals surface area contributed by atoms with Crippen molar-refractivity contribution in [2.45, 2.75) is 30.8 Å². The normalized spacial score (nSPS) is 14.6. The molecule has 0 aromatic heterocycles. The number of hydrogen-bond donors (Lipinski definition) is 0. The number of carbonyl (C=O) groups is 1. The van der Waals surface area contributed by atoms with E-state index >= 15 is 0 Å². The summed E-state index contributed by atoms with van der Waals surface area (Å²) in [6.45, 7) is 1.95. The largest absolute Gasteiger partial charge is 0.420 e. The minimum absolute atomic E-state index is 0.165. The number of halogens is 3. The Morgan fingerprint density at radius 2 is 1.85 bits per heavy atom. The Balaban J connectivity index is 1.97. The minimum Gasteiger partial charge on any atom is -0.378 e. The van der Waals surface area contributed by atoms with E-state index < -0.39 is 27.6 Å². The maximum absolute atomic E-state index is 13.1. The number of para-hydroxylation sites is 1. The Morgan fingerprint density at radius 3 is 2.52 bits per heavy atom. The van der Waals surface area contributed by atoms with Gasteiger partial charge in [0.25, 0.3) is 0 Å². The number of aryl methyl sites for hydroxylation is 1. The van der Waals surface area contributed by atoms with Crippen molar-refractivity contribution in [2.24, 2.45) is 0 Å². The highest BCUT2D eigenvalue weighted by molar-refractivity contribution is 7.87. The first-order valence-electron chi connectivity index (χ1n) is 8.11. The molecule has 0 saturated heterocycles. The van der Waals surface area contributed by atoms with Crippen molar-refractivity contribution in [3.63, 3.8) is 0 Å². The molecule has 0 atom stereocenters. The lowest BCUT2D eigenvalue weighted by Crippen LogP contribution is -2.33. The number of alkyl halides is 3. The molecule has 1 aliphatic heterocycles. The number of amides is 1. The molecule has 0 unspecified atom stereocenters. The van der Waals surface area contributed by atoms with E-state index in [1.54, 1.807) is 0 Å². The molecule has 3 rings (SSSR count). The van der Waals surface area contributed by atoms with Crippen LogP contribution in [0.2, 0.25) is 0 Å². The number of anilines is 1. The van der Waals surface area contributed by atoms with Crippen molar-refractivity contribution in [3.8, 4) is 5.75 Å². The minimum atomic E-state index is -4.75. The summed E-state index contributed by atoms with van der Waals surface area (Å²) in [5.41, 5.74) is 0.0583. The van der Waals surface area contributed by atoms with Gasteiger partial charge in [-0.1, -0.05) is 12.1 Å². The topological polar surface area (TPSA) is 63.7 Å². The van der Waals surface area contributed by atoms with Gasteiger partial charge in [-0.2, -0.15) is 21.6 Å². The fourth-order valence-electron chi connectivity index (χ4n) is 3.00. The SMILES string of the molecule is CC(=O)N1CCCc2cc(S(=O)(=O)Oc3ccccc3C(F)(F)F)ccc21. The van der Waals surface area contributed by atoms with Gasteiger partial charge in [0.15, 0.2) is 5.75 Å². The highest BCUT2D eigenvalue weighted by atomic mass is 32.2. The second-order valence-corrected chi connectivity index (χ2v) is 7.64. The molecule has 27 heavy (non-hydrogen) atoms. The van der Waals surface area contributed by atoms with Crippen LogP contribution in [0.15, 0.2) is 47.4 Å². The molecule has 0 N–H and O–H groups in total. The summed E-state index contributed by atoms with van der Waals surface area (Å²) >= 11 is 0. The van der Waals surface area contributed by atoms with Gasteiger partial charge in [0.1, 0.15) is 4.90 Å². The van der Waals surface area contributed by atoms with Gasteiger partial charge in [-0.15, -0.1) is 0 Å². The summed E-state index contributed by atoms with van der Waals surface area (Å²) in [6.07, 6.45) is -3.53. The molecule has 9 heteroatoms. The lowest BCUT2D eigenvalue weighted by Gasteiger charge is -2.28. The number of hydrogen-bond acceptors (Lipinski definition) is 4. The monoisotopic (exact) mass is 399 g/mol. The van der Waals surface area contributed by atoms with E-state index in [0.717, 1.165) is 18.2 Å². The molecule has 5 nitrogen and oxygen atoms in total. The fraction of sp³-hybridized carbons (Fsp3) is 0.278. The second-order valence-electron chi connectivity index (χ2n) is 6.10. The zero-order valence-corrected chi connectivity index (χ0v) is 15.1. The molecule has 1 aliphatic rings. The van der Waals surface area contributed by atoms with Gasteiger partial charge in [-0.05, 0) is 48.7 Å². The Hall–Kier alpha value is -2.55. The highest BCUT2D eigenvalue weighted by Crippen LogP contribution is 2.37. The first-order valence-corrected chi connectivity index (χ1v) is 9.52. The van der Waals surface area contributed by atoms with Gasteiger partial charge in [-0.25, -0.2) is 0 Å². The Labute approximate surface area is 154 Å². The maximum Gasteiger partial charge on any atom is 0.420 e. The predicted octanol–water partition coefficient (Wildman–Crippen LogP) is 3.77. The van der Waals surface area contributed by atoms with Crippen LogP contribution in [0, 0.1) is 0 Å². The standard InChI is InChI=1S/C18H16F3NO4S/c1-12(23)22-10-4-5-13-11-14(8-9-16(13)22)27(24,25)26-17-7-3-2-6-15(17)18(19,20)21/h2-3,6-9,11H,4-5,10H2,1H3. The summed E-state index contributed by atoms with van der Waals surface area (Å²) in [4.78, 5) is 13.0. The third-order valence-corrected chi connectivity index (χ3v) is 5.46. The lowest BCUT2D eigenvalue weighted by atomic mass is 10.0. The number of fused-ring (bicyclic) bond motifs is 1. The molecule has 0 spiro atoms. The highest BCUT2D eigenvalue weighted by Gasteiger charge is 2.35. The maximum atomic E-state index is 13.1. The van der Waals surface area contributed by atoms with Crippen LogP contribution >= 0.6 is 0 Å². The van der Waals surface area contributed by atoms with Crippen LogP contribution in [-0.4, -0.2) is 20.9 Å². The molecule has 0 fully saturated rings. The molecule has 0 aliphatic carbocycles. The number of nitrogens with zero attached hydrogens (tertiary/aromatic N) is 1. The van der Waals surface area contributed by atoms with Crippen LogP contribution in [0.4, 0.5) is 18.9 Å². The van der Waals surface area contributed by atoms with Crippen molar-refractivity contribution in [3.05, 3.63) is 53.6 Å². The molecular formula is C18H16F3NO4S. The van der Waals surface area contributed by atoms with Gasteiger partial charge in [0, 0.05) is 19.2 Å². The fourth-order valence-corrected chi connectivity index (χ4v) is 4.00. The summed E-state index contributed by atoms with van der Waals surface area (Å²) in [6, 6.07) is 8.16. The van der Waals surface area contributed by atoms with Crippen molar-refractivity contribution in [1.82, 2.24) is 0 Å². The molecular weight excluding hydrogens is 383 g/mol. The summed E-state index contributed by atoms with van der Waals surface area (Å²) < 4.78 is 69.0. The number of carbonyl (C=O) groups excluding carboxylic acids is 1. The van der Waals surface area contributed by atoms with Crippen LogP contribution in [0.5, 0.6) is 5.75 Å². The van der Waals surface area contributed by atoms with Crippen LogP contribution in [-0.2, 0) is 27.5 Å². The smallest absolute Gasteiger partial charge is 0.378 e. The van der Waals surface area contributed by atoms with E-state index in [1.807, 2.05) is 0 Å². The summed E-state index contributed by atoms with van der Waals surface area (Å²) in [5, 5.41) is 0. The van der Waals surface area contributed by atoms with Gasteiger partial charge in [-0.3, -0.25) is 4.79 Å². The third kappa shape index (κ3) is 3.92. The van der Waals surface area contributed by atoms with Crippen LogP contribution in [0.3, 0.4) is 0 Å². The average molecular weight is 399 g/mol. The van der Waals surface area contributed by atoms with E-state index in [2.05, 4.69) is 0 Å². The zero-order valence-electron chi connectivity index (χ0n) is 14.3. The zero-order chi connectivity index (χ0) is 19.8. The van der Waals surface area contributed by atoms with E-state index in [1.165, 1.54) is 36.1 Å². The van der Waals surface area contributed by atoms with Gasteiger partial charge in [0.05, 0.1) is 5.56 Å². The van der Waals surface area contributed by atoms with Crippen molar-refractivity contribution < 1.29 is 30.6 Å². The van der Waals surface area contributed by atoms with Crippen LogP contribution in [0.1, 0.15) is 24.5 Å². The van der Waals surface area contributed by atoms with Gasteiger partial charge >= 0.3 is 16.3 Å². The molecule has 2 aromatic rings. The average Bonchev–Trinajstić information content (AvgIpc) is 2.59. The van der Waals surface area contributed by atoms with Crippen molar-refractivity contribution >= 4 is 21.7 Å². The van der Waals surface area contributed by atoms with Crippen molar-refractivity contribution in [2.75, 3.05) is 11.4 Å². The van der Waals surface area contributed by atoms with Crippen molar-refractivity contribution in [1.29, 1.82) is 0 Å². The molecule has 1 amide bonds. The Morgan fingerprint density at radius 1 is 1.15 bits per heavy atom. The van der Waals surface area contributed by atoms with E-state index in [0.29, 0.717) is 30.6 Å². The Bertz CT molecular complexity index is 986. The Kier molecular flexibility index (Phi) is 4.90. The first-order chi connectivity index (χ1) is 12.6. The van der Waals surface area contributed by atoms with E-state index in [4.69, 9.17) is 4.18 Å². The molecule has 2 aromatic carbocycles. The number of rotatable bonds is 3. The lowest BCUT2D eigenvalue weighted by molar-refractivity contribution is -0.138. The van der Waals surface area contributed by atoms with Crippen LogP contribution < -0.4 is 9.08 Å². The predicted molar refractivity (Wildman–Crippen MR) is 92.0 cm³/mol. The molecule has 0 saturated carbocycles. The summed E-state index contributed by atoms with van der Waals surface area (Å²) in [5.74, 6) is -0.949. The van der Waals surface area contributed by atoms with E-state index in [-0.39, 0.29) is 10.8 Å². The first kappa shape index (κ1) is 19.2. The second kappa shape index (κ2) is 6.88. The van der Waals surface area contributed by atoms with Crippen LogP contribution in [0.25, 0.3) is 0 Å². The third-order valence-electron chi connectivity index (χ3n) is 4.23. The number of benzene rings is 2. The molecule has 0 radical (unpaired) electrons. The molecule has 1 heterocycles. The summed E-state index contributed by atoms with van der Waals surface area (Å²) in [7, 11) is -4.47. The van der Waals surface area contributed by atoms with Gasteiger partial charge < -0.3 is 9.08 Å².